The molecule has 124 valence electrons. The molecule has 0 unspecified atom stereocenters. The molecular formula is C18H24N2O3. The lowest BCUT2D eigenvalue weighted by Gasteiger charge is -2.36. The molecule has 2 fully saturated rings. The first kappa shape index (κ1) is 15.8. The second-order valence-corrected chi connectivity index (χ2v) is 6.60. The Morgan fingerprint density at radius 3 is 2.61 bits per heavy atom. The molecule has 0 aromatic heterocycles. The van der Waals surface area contributed by atoms with Crippen molar-refractivity contribution in [2.45, 2.75) is 51.3 Å². The van der Waals surface area contributed by atoms with Gasteiger partial charge in [-0.2, -0.15) is 0 Å². The van der Waals surface area contributed by atoms with E-state index in [0.717, 1.165) is 31.2 Å². The maximum absolute atomic E-state index is 12.4. The highest BCUT2D eigenvalue weighted by atomic mass is 16.6. The highest BCUT2D eigenvalue weighted by Gasteiger charge is 2.35. The number of nitrogens with zero attached hydrogens (tertiary/aromatic N) is 1. The molecule has 1 saturated heterocycles. The molecule has 5 nitrogen and oxygen atoms in total. The molecule has 1 aromatic carbocycles. The molecule has 2 amide bonds. The zero-order valence-electron chi connectivity index (χ0n) is 13.5. The lowest BCUT2D eigenvalue weighted by Crippen LogP contribution is -2.49. The predicted octanol–water partition coefficient (Wildman–Crippen LogP) is 2.70. The van der Waals surface area contributed by atoms with Crippen LogP contribution in [0.25, 0.3) is 0 Å². The Kier molecular flexibility index (Phi) is 4.84. The minimum atomic E-state index is -0.328. The van der Waals surface area contributed by atoms with Gasteiger partial charge in [-0.1, -0.05) is 30.3 Å². The topological polar surface area (TPSA) is 58.6 Å². The van der Waals surface area contributed by atoms with Crippen LogP contribution in [0.1, 0.15) is 38.2 Å². The van der Waals surface area contributed by atoms with Crippen molar-refractivity contribution in [3.05, 3.63) is 35.9 Å². The third-order valence-electron chi connectivity index (χ3n) is 4.62. The van der Waals surface area contributed by atoms with Gasteiger partial charge in [-0.3, -0.25) is 4.79 Å². The first-order chi connectivity index (χ1) is 11.1. The summed E-state index contributed by atoms with van der Waals surface area (Å²) in [6, 6.07) is 10.1. The van der Waals surface area contributed by atoms with Crippen molar-refractivity contribution in [1.82, 2.24) is 10.2 Å². The van der Waals surface area contributed by atoms with Crippen LogP contribution in [0.2, 0.25) is 0 Å². The van der Waals surface area contributed by atoms with E-state index >= 15 is 0 Å². The van der Waals surface area contributed by atoms with Gasteiger partial charge in [0.1, 0.15) is 6.61 Å². The number of hydrogen-bond acceptors (Lipinski definition) is 3. The van der Waals surface area contributed by atoms with E-state index in [9.17, 15) is 9.59 Å². The van der Waals surface area contributed by atoms with Gasteiger partial charge in [0.25, 0.3) is 0 Å². The maximum Gasteiger partial charge on any atom is 0.410 e. The number of nitrogens with one attached hydrogen (secondary N) is 1. The van der Waals surface area contributed by atoms with Gasteiger partial charge >= 0.3 is 6.09 Å². The average Bonchev–Trinajstić information content (AvgIpc) is 3.38. The maximum atomic E-state index is 12.4. The summed E-state index contributed by atoms with van der Waals surface area (Å²) in [7, 11) is 0. The highest BCUT2D eigenvalue weighted by Crippen LogP contribution is 2.25. The number of likely N-dealkylation sites (tertiary alicyclic amines) is 1. The standard InChI is InChI=1S/C18H24N2O3/c1-13-7-8-15(17(21)19-16-9-10-16)11-20(13)18(22)23-12-14-5-3-2-4-6-14/h2-6,13,15-16H,7-12H2,1H3,(H,19,21)/t13-,15-/m0/s1. The van der Waals surface area contributed by atoms with E-state index in [0.29, 0.717) is 12.6 Å². The highest BCUT2D eigenvalue weighted by molar-refractivity contribution is 5.80. The molecule has 1 aliphatic heterocycles. The molecule has 1 saturated carbocycles. The van der Waals surface area contributed by atoms with Crippen LogP contribution in [0.5, 0.6) is 0 Å². The summed E-state index contributed by atoms with van der Waals surface area (Å²) in [6.45, 7) is 2.73. The SMILES string of the molecule is C[C@H]1CC[C@H](C(=O)NC2CC2)CN1C(=O)OCc1ccccc1. The average molecular weight is 316 g/mol. The van der Waals surface area contributed by atoms with Gasteiger partial charge < -0.3 is 15.0 Å². The van der Waals surface area contributed by atoms with E-state index in [1.807, 2.05) is 37.3 Å². The molecule has 1 heterocycles. The Morgan fingerprint density at radius 2 is 1.91 bits per heavy atom. The number of piperidine rings is 1. The second kappa shape index (κ2) is 7.02. The number of rotatable bonds is 4. The van der Waals surface area contributed by atoms with Crippen LogP contribution < -0.4 is 5.32 Å². The van der Waals surface area contributed by atoms with Gasteiger partial charge in [0.2, 0.25) is 5.91 Å². The Balaban J connectivity index is 1.53. The van der Waals surface area contributed by atoms with Crippen LogP contribution in [0, 0.1) is 5.92 Å². The van der Waals surface area contributed by atoms with Gasteiger partial charge in [0, 0.05) is 18.6 Å². The van der Waals surface area contributed by atoms with Crippen molar-refractivity contribution < 1.29 is 14.3 Å². The fourth-order valence-electron chi connectivity index (χ4n) is 2.92. The number of carbonyl (C=O) groups excluding carboxylic acids is 2. The summed E-state index contributed by atoms with van der Waals surface area (Å²) < 4.78 is 5.41. The van der Waals surface area contributed by atoms with Crippen molar-refractivity contribution in [3.8, 4) is 0 Å². The van der Waals surface area contributed by atoms with Gasteiger partial charge in [0.05, 0.1) is 5.92 Å². The molecule has 1 aromatic rings. The summed E-state index contributed by atoms with van der Waals surface area (Å²) >= 11 is 0. The van der Waals surface area contributed by atoms with Crippen molar-refractivity contribution in [1.29, 1.82) is 0 Å². The lowest BCUT2D eigenvalue weighted by molar-refractivity contribution is -0.127. The molecule has 5 heteroatoms. The smallest absolute Gasteiger partial charge is 0.410 e. The van der Waals surface area contributed by atoms with E-state index in [-0.39, 0.29) is 30.6 Å². The van der Waals surface area contributed by atoms with Crippen LogP contribution in [-0.2, 0) is 16.1 Å². The molecule has 3 rings (SSSR count). The van der Waals surface area contributed by atoms with Gasteiger partial charge in [-0.25, -0.2) is 4.79 Å². The minimum Gasteiger partial charge on any atom is -0.445 e. The zero-order valence-corrected chi connectivity index (χ0v) is 13.5. The Bertz CT molecular complexity index is 557. The van der Waals surface area contributed by atoms with Crippen molar-refractivity contribution in [2.75, 3.05) is 6.54 Å². The monoisotopic (exact) mass is 316 g/mol. The third-order valence-corrected chi connectivity index (χ3v) is 4.62. The van der Waals surface area contributed by atoms with Gasteiger partial charge in [0.15, 0.2) is 0 Å². The minimum absolute atomic E-state index is 0.0836. The first-order valence-electron chi connectivity index (χ1n) is 8.41. The summed E-state index contributed by atoms with van der Waals surface area (Å²) in [5.41, 5.74) is 0.966. The number of benzene rings is 1. The summed E-state index contributed by atoms with van der Waals surface area (Å²) in [4.78, 5) is 26.3. The summed E-state index contributed by atoms with van der Waals surface area (Å²) in [6.07, 6.45) is 3.51. The normalized spacial score (nSPS) is 24.1. The molecule has 1 aliphatic carbocycles. The quantitative estimate of drug-likeness (QED) is 0.929. The van der Waals surface area contributed by atoms with Gasteiger partial charge in [-0.15, -0.1) is 0 Å². The van der Waals surface area contributed by atoms with Crippen molar-refractivity contribution >= 4 is 12.0 Å². The zero-order chi connectivity index (χ0) is 16.2. The second-order valence-electron chi connectivity index (χ2n) is 6.60. The number of carbonyl (C=O) groups is 2. The number of hydrogen-bond donors (Lipinski definition) is 1. The van der Waals surface area contributed by atoms with Gasteiger partial charge in [-0.05, 0) is 38.2 Å². The molecule has 2 aliphatic rings. The Labute approximate surface area is 137 Å². The van der Waals surface area contributed by atoms with E-state index in [4.69, 9.17) is 4.74 Å². The molecule has 23 heavy (non-hydrogen) atoms. The summed E-state index contributed by atoms with van der Waals surface area (Å²) in [5, 5.41) is 3.04. The predicted molar refractivity (Wildman–Crippen MR) is 86.7 cm³/mol. The van der Waals surface area contributed by atoms with Crippen LogP contribution in [0.15, 0.2) is 30.3 Å². The largest absolute Gasteiger partial charge is 0.445 e. The van der Waals surface area contributed by atoms with E-state index < -0.39 is 0 Å². The Hall–Kier alpha value is -2.04. The van der Waals surface area contributed by atoms with E-state index in [2.05, 4.69) is 5.32 Å². The molecule has 0 spiro atoms. The van der Waals surface area contributed by atoms with Crippen LogP contribution in [0.3, 0.4) is 0 Å². The van der Waals surface area contributed by atoms with Crippen LogP contribution >= 0.6 is 0 Å². The molecule has 0 bridgehead atoms. The first-order valence-corrected chi connectivity index (χ1v) is 8.41. The fourth-order valence-corrected chi connectivity index (χ4v) is 2.92. The molecular weight excluding hydrogens is 292 g/mol. The van der Waals surface area contributed by atoms with E-state index in [1.165, 1.54) is 0 Å². The number of ether oxygens (including phenoxy) is 1. The van der Waals surface area contributed by atoms with E-state index in [1.54, 1.807) is 4.90 Å². The fraction of sp³-hybridized carbons (Fsp3) is 0.556. The number of amides is 2. The Morgan fingerprint density at radius 1 is 1.17 bits per heavy atom. The lowest BCUT2D eigenvalue weighted by atomic mass is 9.93. The summed E-state index contributed by atoms with van der Waals surface area (Å²) in [5.74, 6) is -0.0312. The third kappa shape index (κ3) is 4.24. The molecule has 2 atom stereocenters. The van der Waals surface area contributed by atoms with Crippen LogP contribution in [0.4, 0.5) is 4.79 Å². The van der Waals surface area contributed by atoms with Crippen molar-refractivity contribution in [2.24, 2.45) is 5.92 Å². The van der Waals surface area contributed by atoms with Crippen molar-refractivity contribution in [3.63, 3.8) is 0 Å². The molecule has 0 radical (unpaired) electrons. The van der Waals surface area contributed by atoms with Crippen LogP contribution in [-0.4, -0.2) is 35.5 Å². The molecule has 1 N–H and O–H groups in total.